The second kappa shape index (κ2) is 2.86. The van der Waals surface area contributed by atoms with Gasteiger partial charge in [-0.2, -0.15) is 0 Å². The van der Waals surface area contributed by atoms with Crippen LogP contribution in [0.15, 0.2) is 22.7 Å². The van der Waals surface area contributed by atoms with E-state index in [1.54, 1.807) is 0 Å². The molecule has 2 rings (SSSR count). The fourth-order valence-corrected chi connectivity index (χ4v) is 2.32. The van der Waals surface area contributed by atoms with Crippen LogP contribution < -0.4 is 5.73 Å². The highest BCUT2D eigenvalue weighted by atomic mass is 79.9. The minimum atomic E-state index is 0.253. The van der Waals surface area contributed by atoms with E-state index >= 15 is 0 Å². The van der Waals surface area contributed by atoms with Crippen molar-refractivity contribution in [1.82, 2.24) is 0 Å². The smallest absolute Gasteiger partial charge is 0.0303 e. The van der Waals surface area contributed by atoms with Gasteiger partial charge in [-0.3, -0.25) is 0 Å². The summed E-state index contributed by atoms with van der Waals surface area (Å²) in [5.41, 5.74) is 8.71. The summed E-state index contributed by atoms with van der Waals surface area (Å²) in [6.45, 7) is 2.23. The van der Waals surface area contributed by atoms with Crippen molar-refractivity contribution in [3.05, 3.63) is 33.8 Å². The average molecular weight is 226 g/mol. The molecular formula is C10H12BrN. The first kappa shape index (κ1) is 8.27. The number of rotatable bonds is 0. The summed E-state index contributed by atoms with van der Waals surface area (Å²) in [7, 11) is 0. The normalized spacial score (nSPS) is 27.2. The monoisotopic (exact) mass is 225 g/mol. The predicted octanol–water partition coefficient (Wildman–Crippen LogP) is 2.96. The van der Waals surface area contributed by atoms with Gasteiger partial charge in [0, 0.05) is 10.5 Å². The number of halogens is 1. The van der Waals surface area contributed by atoms with Crippen molar-refractivity contribution >= 4 is 15.9 Å². The number of nitrogens with two attached hydrogens (primary N) is 1. The quantitative estimate of drug-likeness (QED) is 0.723. The Balaban J connectivity index is 2.53. The largest absolute Gasteiger partial charge is 0.324 e. The number of benzene rings is 1. The minimum Gasteiger partial charge on any atom is -0.324 e. The van der Waals surface area contributed by atoms with Crippen molar-refractivity contribution in [2.24, 2.45) is 5.73 Å². The molecule has 0 heterocycles. The summed E-state index contributed by atoms with van der Waals surface area (Å²) >= 11 is 3.47. The maximum atomic E-state index is 5.97. The second-order valence-electron chi connectivity index (χ2n) is 3.52. The summed E-state index contributed by atoms with van der Waals surface area (Å²) in [6.07, 6.45) is 1.09. The molecule has 0 saturated carbocycles. The van der Waals surface area contributed by atoms with E-state index in [0.29, 0.717) is 5.92 Å². The van der Waals surface area contributed by atoms with Crippen LogP contribution in [0.3, 0.4) is 0 Å². The zero-order valence-electron chi connectivity index (χ0n) is 7.05. The van der Waals surface area contributed by atoms with Crippen molar-refractivity contribution in [1.29, 1.82) is 0 Å². The Kier molecular flexibility index (Phi) is 1.97. The first-order chi connectivity index (χ1) is 5.68. The number of hydrogen-bond donors (Lipinski definition) is 1. The Bertz CT molecular complexity index is 309. The van der Waals surface area contributed by atoms with Crippen LogP contribution in [-0.4, -0.2) is 0 Å². The van der Waals surface area contributed by atoms with Gasteiger partial charge in [0.15, 0.2) is 0 Å². The Hall–Kier alpha value is -0.340. The Morgan fingerprint density at radius 1 is 1.42 bits per heavy atom. The Labute approximate surface area is 81.1 Å². The molecule has 2 N–H and O–H groups in total. The molecule has 1 aliphatic rings. The lowest BCUT2D eigenvalue weighted by Gasteiger charge is -2.04. The molecule has 0 radical (unpaired) electrons. The summed E-state index contributed by atoms with van der Waals surface area (Å²) in [5, 5.41) is 0. The summed E-state index contributed by atoms with van der Waals surface area (Å²) in [4.78, 5) is 0. The van der Waals surface area contributed by atoms with E-state index in [-0.39, 0.29) is 6.04 Å². The molecule has 0 fully saturated rings. The van der Waals surface area contributed by atoms with Crippen molar-refractivity contribution in [3.8, 4) is 0 Å². The van der Waals surface area contributed by atoms with E-state index in [1.165, 1.54) is 11.1 Å². The molecule has 0 aliphatic heterocycles. The predicted molar refractivity (Wildman–Crippen MR) is 54.1 cm³/mol. The second-order valence-corrected chi connectivity index (χ2v) is 4.43. The molecule has 0 bridgehead atoms. The zero-order valence-corrected chi connectivity index (χ0v) is 8.64. The maximum absolute atomic E-state index is 5.97. The molecule has 1 aliphatic carbocycles. The van der Waals surface area contributed by atoms with Crippen molar-refractivity contribution in [3.63, 3.8) is 0 Å². The first-order valence-corrected chi connectivity index (χ1v) is 5.02. The topological polar surface area (TPSA) is 26.0 Å². The van der Waals surface area contributed by atoms with E-state index in [0.717, 1.165) is 10.9 Å². The van der Waals surface area contributed by atoms with Crippen molar-refractivity contribution < 1.29 is 0 Å². The van der Waals surface area contributed by atoms with Crippen molar-refractivity contribution in [2.75, 3.05) is 0 Å². The van der Waals surface area contributed by atoms with Gasteiger partial charge in [-0.05, 0) is 35.6 Å². The van der Waals surface area contributed by atoms with Crippen LogP contribution in [0.25, 0.3) is 0 Å². The standard InChI is InChI=1S/C10H12BrN/c1-6-4-10(12)8-3-2-7(11)5-9(6)8/h2-3,5-6,10H,4,12H2,1H3/t6-,10+/m1/s1. The van der Waals surface area contributed by atoms with Gasteiger partial charge in [-0.1, -0.05) is 28.9 Å². The summed E-state index contributed by atoms with van der Waals surface area (Å²) < 4.78 is 1.15. The number of hydrogen-bond acceptors (Lipinski definition) is 1. The van der Waals surface area contributed by atoms with Gasteiger partial charge in [0.1, 0.15) is 0 Å². The van der Waals surface area contributed by atoms with Crippen molar-refractivity contribution in [2.45, 2.75) is 25.3 Å². The highest BCUT2D eigenvalue weighted by Crippen LogP contribution is 2.39. The van der Waals surface area contributed by atoms with Crippen LogP contribution in [0.2, 0.25) is 0 Å². The highest BCUT2D eigenvalue weighted by Gasteiger charge is 2.24. The number of fused-ring (bicyclic) bond motifs is 1. The molecule has 0 aromatic heterocycles. The van der Waals surface area contributed by atoms with E-state index in [4.69, 9.17) is 5.73 Å². The lowest BCUT2D eigenvalue weighted by Crippen LogP contribution is -2.04. The summed E-state index contributed by atoms with van der Waals surface area (Å²) in [5.74, 6) is 0.618. The van der Waals surface area contributed by atoms with Gasteiger partial charge in [-0.15, -0.1) is 0 Å². The third kappa shape index (κ3) is 1.19. The molecule has 0 amide bonds. The SMILES string of the molecule is C[C@@H]1C[C@H](N)c2ccc(Br)cc21. The third-order valence-electron chi connectivity index (χ3n) is 2.59. The molecule has 0 unspecified atom stereocenters. The molecule has 1 aromatic rings. The average Bonchev–Trinajstić information content (AvgIpc) is 2.28. The molecule has 12 heavy (non-hydrogen) atoms. The molecular weight excluding hydrogens is 214 g/mol. The maximum Gasteiger partial charge on any atom is 0.0303 e. The highest BCUT2D eigenvalue weighted by molar-refractivity contribution is 9.10. The molecule has 2 heteroatoms. The van der Waals surface area contributed by atoms with Crippen LogP contribution in [-0.2, 0) is 0 Å². The zero-order chi connectivity index (χ0) is 8.72. The van der Waals surface area contributed by atoms with Gasteiger partial charge in [0.05, 0.1) is 0 Å². The van der Waals surface area contributed by atoms with E-state index < -0.39 is 0 Å². The molecule has 2 atom stereocenters. The Morgan fingerprint density at radius 3 is 2.92 bits per heavy atom. The minimum absolute atomic E-state index is 0.253. The molecule has 1 nitrogen and oxygen atoms in total. The molecule has 0 spiro atoms. The van der Waals surface area contributed by atoms with Gasteiger partial charge < -0.3 is 5.73 Å². The van der Waals surface area contributed by atoms with Gasteiger partial charge in [0.2, 0.25) is 0 Å². The Morgan fingerprint density at radius 2 is 2.17 bits per heavy atom. The van der Waals surface area contributed by atoms with Crippen LogP contribution in [0.5, 0.6) is 0 Å². The lowest BCUT2D eigenvalue weighted by atomic mass is 10.0. The fraction of sp³-hybridized carbons (Fsp3) is 0.400. The van der Waals surface area contributed by atoms with Crippen LogP contribution in [0, 0.1) is 0 Å². The fourth-order valence-electron chi connectivity index (χ4n) is 1.94. The van der Waals surface area contributed by atoms with Crippen LogP contribution in [0.1, 0.15) is 36.4 Å². The third-order valence-corrected chi connectivity index (χ3v) is 3.08. The van der Waals surface area contributed by atoms with E-state index in [9.17, 15) is 0 Å². The van der Waals surface area contributed by atoms with Gasteiger partial charge in [-0.25, -0.2) is 0 Å². The first-order valence-electron chi connectivity index (χ1n) is 4.23. The van der Waals surface area contributed by atoms with E-state index in [1.807, 2.05) is 0 Å². The van der Waals surface area contributed by atoms with Gasteiger partial charge in [0.25, 0.3) is 0 Å². The molecule has 64 valence electrons. The van der Waals surface area contributed by atoms with Gasteiger partial charge >= 0.3 is 0 Å². The lowest BCUT2D eigenvalue weighted by molar-refractivity contribution is 0.640. The molecule has 1 aromatic carbocycles. The summed E-state index contributed by atoms with van der Waals surface area (Å²) in [6, 6.07) is 6.64. The molecule has 0 saturated heterocycles. The van der Waals surface area contributed by atoms with E-state index in [2.05, 4.69) is 41.1 Å². The van der Waals surface area contributed by atoms with Crippen LogP contribution in [0.4, 0.5) is 0 Å². The van der Waals surface area contributed by atoms with Crippen LogP contribution >= 0.6 is 15.9 Å².